The normalized spacial score (nSPS) is 10.9. The first-order valence-corrected chi connectivity index (χ1v) is 9.42. The number of amides is 2. The number of aryl methyl sites for hydroxylation is 1. The molecule has 1 aromatic carbocycles. The third kappa shape index (κ3) is 4.25. The third-order valence-electron chi connectivity index (χ3n) is 4.57. The zero-order chi connectivity index (χ0) is 21.0. The van der Waals surface area contributed by atoms with Crippen molar-refractivity contribution in [3.05, 3.63) is 18.0 Å². The zero-order valence-electron chi connectivity index (χ0n) is 17.4. The van der Waals surface area contributed by atoms with Crippen LogP contribution in [0.1, 0.15) is 18.7 Å². The van der Waals surface area contributed by atoms with Gasteiger partial charge in [0.2, 0.25) is 5.65 Å². The number of aromatic nitrogens is 4. The molecule has 0 unspecified atom stereocenters. The van der Waals surface area contributed by atoms with Crippen molar-refractivity contribution >= 4 is 28.5 Å². The lowest BCUT2D eigenvalue weighted by molar-refractivity contribution is 0.217. The average molecular weight is 401 g/mol. The van der Waals surface area contributed by atoms with Crippen LogP contribution in [0.3, 0.4) is 0 Å². The Hall–Kier alpha value is -3.30. The number of nitrogens with one attached hydrogen (secondary N) is 2. The standard InChI is InChI=1S/C19H27N7O3/c1-12-23-24-18-17(20-8-6-7-9-21-19(27)25(2)3)22-13-10-15(28-4)16(29-5)11-14(13)26(12)18/h10-11H,6-9H2,1-5H3,(H,20,22)(H,21,27). The maximum Gasteiger partial charge on any atom is 0.316 e. The molecule has 3 rings (SSSR count). The van der Waals surface area contributed by atoms with E-state index in [9.17, 15) is 4.79 Å². The number of fused-ring (bicyclic) bond motifs is 3. The van der Waals surface area contributed by atoms with Crippen molar-refractivity contribution < 1.29 is 14.3 Å². The molecule has 0 atom stereocenters. The predicted molar refractivity (Wildman–Crippen MR) is 111 cm³/mol. The van der Waals surface area contributed by atoms with Gasteiger partial charge in [-0.05, 0) is 19.8 Å². The molecule has 2 aromatic heterocycles. The topological polar surface area (TPSA) is 106 Å². The Bertz CT molecular complexity index is 1020. The van der Waals surface area contributed by atoms with E-state index in [4.69, 9.17) is 14.5 Å². The fourth-order valence-electron chi connectivity index (χ4n) is 3.03. The van der Waals surface area contributed by atoms with E-state index in [2.05, 4.69) is 20.8 Å². The van der Waals surface area contributed by atoms with E-state index in [0.717, 1.165) is 29.7 Å². The molecule has 10 nitrogen and oxygen atoms in total. The second kappa shape index (κ2) is 8.80. The number of benzene rings is 1. The largest absolute Gasteiger partial charge is 0.493 e. The van der Waals surface area contributed by atoms with Crippen LogP contribution in [0.15, 0.2) is 12.1 Å². The van der Waals surface area contributed by atoms with E-state index >= 15 is 0 Å². The average Bonchev–Trinajstić information content (AvgIpc) is 3.11. The summed E-state index contributed by atoms with van der Waals surface area (Å²) in [4.78, 5) is 17.8. The van der Waals surface area contributed by atoms with Gasteiger partial charge in [-0.2, -0.15) is 0 Å². The summed E-state index contributed by atoms with van der Waals surface area (Å²) >= 11 is 0. The fraction of sp³-hybridized carbons (Fsp3) is 0.474. The van der Waals surface area contributed by atoms with Crippen LogP contribution in [0, 0.1) is 6.92 Å². The number of nitrogens with zero attached hydrogens (tertiary/aromatic N) is 5. The van der Waals surface area contributed by atoms with Gasteiger partial charge in [0.25, 0.3) is 0 Å². The van der Waals surface area contributed by atoms with Crippen LogP contribution in [0.4, 0.5) is 10.6 Å². The van der Waals surface area contributed by atoms with Crippen LogP contribution in [-0.2, 0) is 0 Å². The van der Waals surface area contributed by atoms with Gasteiger partial charge in [-0.3, -0.25) is 4.40 Å². The summed E-state index contributed by atoms with van der Waals surface area (Å²) in [7, 11) is 6.64. The van der Waals surface area contributed by atoms with Crippen molar-refractivity contribution in [2.75, 3.05) is 46.7 Å². The van der Waals surface area contributed by atoms with Gasteiger partial charge in [-0.15, -0.1) is 10.2 Å². The molecule has 0 aliphatic carbocycles. The number of urea groups is 1. The summed E-state index contributed by atoms with van der Waals surface area (Å²) in [6.07, 6.45) is 1.73. The molecule has 0 saturated heterocycles. The van der Waals surface area contributed by atoms with Crippen LogP contribution in [0.25, 0.3) is 16.7 Å². The van der Waals surface area contributed by atoms with E-state index in [1.807, 2.05) is 23.5 Å². The molecule has 0 saturated carbocycles. The molecule has 10 heteroatoms. The number of methoxy groups -OCH3 is 2. The second-order valence-corrected chi connectivity index (χ2v) is 6.82. The van der Waals surface area contributed by atoms with Crippen LogP contribution in [0.2, 0.25) is 0 Å². The van der Waals surface area contributed by atoms with E-state index < -0.39 is 0 Å². The Labute approximate surface area is 169 Å². The van der Waals surface area contributed by atoms with Gasteiger partial charge >= 0.3 is 6.03 Å². The second-order valence-electron chi connectivity index (χ2n) is 6.82. The first-order valence-electron chi connectivity index (χ1n) is 9.42. The van der Waals surface area contributed by atoms with E-state index in [0.29, 0.717) is 36.1 Å². The van der Waals surface area contributed by atoms with Gasteiger partial charge in [0.1, 0.15) is 5.82 Å². The molecular formula is C19H27N7O3. The Morgan fingerprint density at radius 2 is 1.79 bits per heavy atom. The highest BCUT2D eigenvalue weighted by Crippen LogP contribution is 2.33. The lowest BCUT2D eigenvalue weighted by Gasteiger charge is -2.13. The first kappa shape index (κ1) is 20.4. The number of hydrogen-bond donors (Lipinski definition) is 2. The molecule has 0 aliphatic heterocycles. The molecule has 0 spiro atoms. The summed E-state index contributed by atoms with van der Waals surface area (Å²) < 4.78 is 12.8. The Morgan fingerprint density at radius 3 is 2.48 bits per heavy atom. The summed E-state index contributed by atoms with van der Waals surface area (Å²) in [5.41, 5.74) is 2.25. The quantitative estimate of drug-likeness (QED) is 0.557. The number of hydrogen-bond acceptors (Lipinski definition) is 7. The van der Waals surface area contributed by atoms with Gasteiger partial charge in [-0.1, -0.05) is 0 Å². The Morgan fingerprint density at radius 1 is 1.10 bits per heavy atom. The lowest BCUT2D eigenvalue weighted by atomic mass is 10.2. The van der Waals surface area contributed by atoms with Gasteiger partial charge in [0, 0.05) is 39.3 Å². The summed E-state index contributed by atoms with van der Waals surface area (Å²) in [6, 6.07) is 3.63. The summed E-state index contributed by atoms with van der Waals surface area (Å²) in [5, 5.41) is 14.7. The molecule has 0 bridgehead atoms. The smallest absolute Gasteiger partial charge is 0.316 e. The van der Waals surface area contributed by atoms with Crippen molar-refractivity contribution in [3.63, 3.8) is 0 Å². The van der Waals surface area contributed by atoms with Gasteiger partial charge in [-0.25, -0.2) is 9.78 Å². The molecule has 156 valence electrons. The van der Waals surface area contributed by atoms with Crippen LogP contribution >= 0.6 is 0 Å². The Kier molecular flexibility index (Phi) is 6.20. The van der Waals surface area contributed by atoms with Crippen molar-refractivity contribution in [2.24, 2.45) is 0 Å². The molecule has 0 radical (unpaired) electrons. The maximum atomic E-state index is 11.5. The number of carbonyl (C=O) groups is 1. The molecule has 2 N–H and O–H groups in total. The number of anilines is 1. The lowest BCUT2D eigenvalue weighted by Crippen LogP contribution is -2.35. The monoisotopic (exact) mass is 401 g/mol. The van der Waals surface area contributed by atoms with Crippen LogP contribution in [-0.4, -0.2) is 71.9 Å². The highest BCUT2D eigenvalue weighted by Gasteiger charge is 2.16. The molecule has 0 aliphatic rings. The Balaban J connectivity index is 1.78. The molecule has 29 heavy (non-hydrogen) atoms. The van der Waals surface area contributed by atoms with Crippen molar-refractivity contribution in [2.45, 2.75) is 19.8 Å². The molecule has 2 amide bonds. The van der Waals surface area contributed by atoms with E-state index in [1.54, 1.807) is 28.3 Å². The number of rotatable bonds is 8. The predicted octanol–water partition coefficient (Wildman–Crippen LogP) is 2.07. The molecule has 0 fully saturated rings. The maximum absolute atomic E-state index is 11.5. The van der Waals surface area contributed by atoms with Crippen molar-refractivity contribution in [3.8, 4) is 11.5 Å². The summed E-state index contributed by atoms with van der Waals surface area (Å²) in [6.45, 7) is 3.22. The highest BCUT2D eigenvalue weighted by atomic mass is 16.5. The van der Waals surface area contributed by atoms with Crippen LogP contribution in [0.5, 0.6) is 11.5 Å². The minimum atomic E-state index is -0.0841. The van der Waals surface area contributed by atoms with E-state index in [1.165, 1.54) is 4.90 Å². The minimum Gasteiger partial charge on any atom is -0.493 e. The SMILES string of the molecule is COc1cc2nc(NCCCCNC(=O)N(C)C)c3nnc(C)n3c2cc1OC. The van der Waals surface area contributed by atoms with E-state index in [-0.39, 0.29) is 6.03 Å². The van der Waals surface area contributed by atoms with Crippen molar-refractivity contribution in [1.82, 2.24) is 29.8 Å². The molecular weight excluding hydrogens is 374 g/mol. The number of ether oxygens (including phenoxy) is 2. The fourth-order valence-corrected chi connectivity index (χ4v) is 3.03. The number of unbranched alkanes of at least 4 members (excludes halogenated alkanes) is 1. The third-order valence-corrected chi connectivity index (χ3v) is 4.57. The van der Waals surface area contributed by atoms with Gasteiger partial charge in [0.05, 0.1) is 25.3 Å². The van der Waals surface area contributed by atoms with Gasteiger partial charge < -0.3 is 25.0 Å². The highest BCUT2D eigenvalue weighted by molar-refractivity contribution is 5.85. The van der Waals surface area contributed by atoms with Gasteiger partial charge in [0.15, 0.2) is 17.3 Å². The molecule has 3 aromatic rings. The van der Waals surface area contributed by atoms with Crippen molar-refractivity contribution in [1.29, 1.82) is 0 Å². The zero-order valence-corrected chi connectivity index (χ0v) is 17.4. The first-order chi connectivity index (χ1) is 14.0. The molecule has 2 heterocycles. The number of carbonyl (C=O) groups excluding carboxylic acids is 1. The summed E-state index contributed by atoms with van der Waals surface area (Å²) in [5.74, 6) is 2.65. The van der Waals surface area contributed by atoms with Crippen LogP contribution < -0.4 is 20.1 Å². The minimum absolute atomic E-state index is 0.0841.